The van der Waals surface area contributed by atoms with Gasteiger partial charge in [-0.1, -0.05) is 31.0 Å². The number of para-hydroxylation sites is 1. The fraction of sp³-hybridized carbons (Fsp3) is 0.500. The van der Waals surface area contributed by atoms with Crippen LogP contribution >= 0.6 is 12.4 Å². The Morgan fingerprint density at radius 3 is 2.76 bits per heavy atom. The predicted molar refractivity (Wildman–Crippen MR) is 99.6 cm³/mol. The van der Waals surface area contributed by atoms with Crippen molar-refractivity contribution >= 4 is 18.3 Å². The van der Waals surface area contributed by atoms with Gasteiger partial charge < -0.3 is 10.6 Å². The van der Waals surface area contributed by atoms with E-state index in [9.17, 15) is 4.79 Å². The van der Waals surface area contributed by atoms with Gasteiger partial charge in [-0.3, -0.25) is 4.79 Å². The lowest BCUT2D eigenvalue weighted by molar-refractivity contribution is -0.138. The Balaban J connectivity index is 0.00000225. The predicted octanol–water partition coefficient (Wildman–Crippen LogP) is 2.56. The number of hydrogen-bond donors (Lipinski definition) is 1. The van der Waals surface area contributed by atoms with Crippen molar-refractivity contribution in [3.8, 4) is 5.69 Å². The van der Waals surface area contributed by atoms with Crippen molar-refractivity contribution in [1.82, 2.24) is 19.9 Å². The molecule has 3 rings (SSSR count). The fourth-order valence-electron chi connectivity index (χ4n) is 3.40. The molecule has 1 aromatic carbocycles. The van der Waals surface area contributed by atoms with Gasteiger partial charge in [-0.2, -0.15) is 15.0 Å². The second-order valence-electron chi connectivity index (χ2n) is 6.96. The zero-order chi connectivity index (χ0) is 17.2. The van der Waals surface area contributed by atoms with Crippen molar-refractivity contribution in [2.45, 2.75) is 44.7 Å². The van der Waals surface area contributed by atoms with Crippen molar-refractivity contribution in [3.63, 3.8) is 0 Å². The van der Waals surface area contributed by atoms with Gasteiger partial charge in [0.2, 0.25) is 5.91 Å². The number of nitrogens with two attached hydrogens (primary N) is 1. The zero-order valence-corrected chi connectivity index (χ0v) is 15.6. The van der Waals surface area contributed by atoms with E-state index in [2.05, 4.69) is 10.2 Å². The third-order valence-electron chi connectivity index (χ3n) is 4.85. The number of amides is 1. The lowest BCUT2D eigenvalue weighted by atomic mass is 9.74. The molecule has 0 spiro atoms. The lowest BCUT2D eigenvalue weighted by Gasteiger charge is -2.39. The molecule has 0 saturated heterocycles. The summed E-state index contributed by atoms with van der Waals surface area (Å²) >= 11 is 0. The van der Waals surface area contributed by atoms with E-state index in [-0.39, 0.29) is 24.2 Å². The van der Waals surface area contributed by atoms with E-state index in [4.69, 9.17) is 5.73 Å². The molecule has 25 heavy (non-hydrogen) atoms. The first-order valence-corrected chi connectivity index (χ1v) is 8.48. The minimum atomic E-state index is -0.411. The van der Waals surface area contributed by atoms with E-state index < -0.39 is 5.54 Å². The highest BCUT2D eigenvalue weighted by Gasteiger charge is 2.39. The Morgan fingerprint density at radius 2 is 2.08 bits per heavy atom. The summed E-state index contributed by atoms with van der Waals surface area (Å²) in [5.41, 5.74) is 7.61. The normalized spacial score (nSPS) is 22.9. The van der Waals surface area contributed by atoms with Gasteiger partial charge in [0.1, 0.15) is 5.69 Å². The van der Waals surface area contributed by atoms with Crippen LogP contribution in [0.5, 0.6) is 0 Å². The van der Waals surface area contributed by atoms with Crippen molar-refractivity contribution in [2.75, 3.05) is 7.05 Å². The summed E-state index contributed by atoms with van der Waals surface area (Å²) < 4.78 is 0. The molecule has 2 unspecified atom stereocenters. The maximum absolute atomic E-state index is 12.8. The number of nitrogens with zero attached hydrogens (tertiary/aromatic N) is 4. The topological polar surface area (TPSA) is 77.0 Å². The number of halogens is 1. The van der Waals surface area contributed by atoms with Crippen LogP contribution in [0.25, 0.3) is 5.69 Å². The molecular formula is C18H26ClN5O. The first kappa shape index (κ1) is 19.4. The van der Waals surface area contributed by atoms with Gasteiger partial charge in [0.15, 0.2) is 0 Å². The van der Waals surface area contributed by atoms with Gasteiger partial charge in [0, 0.05) is 12.6 Å². The summed E-state index contributed by atoms with van der Waals surface area (Å²) in [6.45, 7) is 2.44. The Hall–Kier alpha value is -1.92. The second kappa shape index (κ2) is 7.97. The SMILES string of the molecule is CN(Cc1cnn(-c2ccccc2)n1)C(=O)C1CCCCC1(C)N.Cl. The molecule has 1 aliphatic carbocycles. The molecule has 1 aliphatic rings. The average Bonchev–Trinajstić information content (AvgIpc) is 3.03. The molecule has 136 valence electrons. The molecule has 0 radical (unpaired) electrons. The smallest absolute Gasteiger partial charge is 0.227 e. The minimum Gasteiger partial charge on any atom is -0.339 e. The van der Waals surface area contributed by atoms with Crippen LogP contribution in [-0.2, 0) is 11.3 Å². The molecule has 1 saturated carbocycles. The molecule has 6 nitrogen and oxygen atoms in total. The molecule has 1 aromatic heterocycles. The van der Waals surface area contributed by atoms with Gasteiger partial charge >= 0.3 is 0 Å². The van der Waals surface area contributed by atoms with E-state index in [0.717, 1.165) is 37.1 Å². The Morgan fingerprint density at radius 1 is 1.36 bits per heavy atom. The number of aromatic nitrogens is 3. The van der Waals surface area contributed by atoms with Crippen LogP contribution in [0, 0.1) is 5.92 Å². The summed E-state index contributed by atoms with van der Waals surface area (Å²) in [4.78, 5) is 16.1. The molecule has 0 bridgehead atoms. The van der Waals surface area contributed by atoms with Crippen LogP contribution in [0.15, 0.2) is 36.5 Å². The Kier molecular flexibility index (Phi) is 6.19. The van der Waals surface area contributed by atoms with Gasteiger partial charge in [-0.05, 0) is 31.9 Å². The molecule has 2 aromatic rings. The number of rotatable bonds is 4. The van der Waals surface area contributed by atoms with E-state index in [1.54, 1.807) is 15.9 Å². The zero-order valence-electron chi connectivity index (χ0n) is 14.8. The number of benzene rings is 1. The molecule has 1 heterocycles. The third-order valence-corrected chi connectivity index (χ3v) is 4.85. The molecule has 7 heteroatoms. The van der Waals surface area contributed by atoms with Gasteiger partial charge in [0.05, 0.1) is 24.3 Å². The minimum absolute atomic E-state index is 0. The highest BCUT2D eigenvalue weighted by molar-refractivity contribution is 5.85. The number of hydrogen-bond acceptors (Lipinski definition) is 4. The van der Waals surface area contributed by atoms with E-state index >= 15 is 0 Å². The fourth-order valence-corrected chi connectivity index (χ4v) is 3.40. The maximum atomic E-state index is 12.8. The summed E-state index contributed by atoms with van der Waals surface area (Å²) in [7, 11) is 1.81. The first-order valence-electron chi connectivity index (χ1n) is 8.48. The highest BCUT2D eigenvalue weighted by atomic mass is 35.5. The largest absolute Gasteiger partial charge is 0.339 e. The number of carbonyl (C=O) groups excluding carboxylic acids is 1. The Labute approximate surface area is 154 Å². The molecule has 1 amide bonds. The van der Waals surface area contributed by atoms with E-state index in [1.807, 2.05) is 44.3 Å². The van der Waals surface area contributed by atoms with E-state index in [0.29, 0.717) is 6.54 Å². The summed E-state index contributed by atoms with van der Waals surface area (Å²) in [6, 6.07) is 9.73. The molecular weight excluding hydrogens is 338 g/mol. The van der Waals surface area contributed by atoms with Crippen molar-refractivity contribution in [2.24, 2.45) is 11.7 Å². The maximum Gasteiger partial charge on any atom is 0.227 e. The molecule has 2 N–H and O–H groups in total. The second-order valence-corrected chi connectivity index (χ2v) is 6.96. The summed E-state index contributed by atoms with van der Waals surface area (Å²) in [5.74, 6) is -0.00520. The molecule has 1 fully saturated rings. The lowest BCUT2D eigenvalue weighted by Crippen LogP contribution is -2.53. The van der Waals surface area contributed by atoms with Crippen LogP contribution < -0.4 is 5.73 Å². The third kappa shape index (κ3) is 4.38. The van der Waals surface area contributed by atoms with Crippen LogP contribution in [0.3, 0.4) is 0 Å². The van der Waals surface area contributed by atoms with Crippen molar-refractivity contribution in [1.29, 1.82) is 0 Å². The van der Waals surface area contributed by atoms with Crippen LogP contribution in [0.2, 0.25) is 0 Å². The van der Waals surface area contributed by atoms with Gasteiger partial charge in [-0.25, -0.2) is 0 Å². The standard InChI is InChI=1S/C18H25N5O.ClH/c1-18(19)11-7-6-10-16(18)17(24)22(2)13-14-12-20-23(21-14)15-8-4-3-5-9-15;/h3-5,8-9,12,16H,6-7,10-11,13,19H2,1-2H3;1H. The van der Waals surface area contributed by atoms with Gasteiger partial charge in [-0.15, -0.1) is 12.4 Å². The molecule has 2 atom stereocenters. The quantitative estimate of drug-likeness (QED) is 0.905. The highest BCUT2D eigenvalue weighted by Crippen LogP contribution is 2.32. The van der Waals surface area contributed by atoms with Crippen LogP contribution in [0.4, 0.5) is 0 Å². The molecule has 0 aliphatic heterocycles. The summed E-state index contributed by atoms with van der Waals surface area (Å²) in [5, 5.41) is 8.75. The van der Waals surface area contributed by atoms with Crippen molar-refractivity contribution in [3.05, 3.63) is 42.2 Å². The van der Waals surface area contributed by atoms with E-state index in [1.165, 1.54) is 0 Å². The van der Waals surface area contributed by atoms with Crippen LogP contribution in [0.1, 0.15) is 38.3 Å². The monoisotopic (exact) mass is 363 g/mol. The summed E-state index contributed by atoms with van der Waals surface area (Å²) in [6.07, 6.45) is 5.65. The van der Waals surface area contributed by atoms with Crippen LogP contribution in [-0.4, -0.2) is 38.4 Å². The van der Waals surface area contributed by atoms with Crippen molar-refractivity contribution < 1.29 is 4.79 Å². The van der Waals surface area contributed by atoms with Gasteiger partial charge in [0.25, 0.3) is 0 Å². The first-order chi connectivity index (χ1) is 11.5. The Bertz CT molecular complexity index is 701. The average molecular weight is 364 g/mol. The number of carbonyl (C=O) groups is 1.